The summed E-state index contributed by atoms with van der Waals surface area (Å²) in [6.07, 6.45) is 4.54. The normalized spacial score (nSPS) is 23.8. The van der Waals surface area contributed by atoms with Gasteiger partial charge in [-0.15, -0.1) is 11.3 Å². The van der Waals surface area contributed by atoms with E-state index in [1.54, 1.807) is 17.7 Å². The number of piperidine rings is 1. The summed E-state index contributed by atoms with van der Waals surface area (Å²) in [7, 11) is 0. The predicted octanol–water partition coefficient (Wildman–Crippen LogP) is 2.15. The van der Waals surface area contributed by atoms with Crippen LogP contribution in [0.4, 0.5) is 0 Å². The SMILES string of the molecule is Cc1nc(CC(=O)N2C[C@H]3CC[C@@H]2CN(Cc2nc[nH]c2C)C3)cs1. The van der Waals surface area contributed by atoms with Crippen molar-refractivity contribution < 1.29 is 4.79 Å². The number of hydrogen-bond acceptors (Lipinski definition) is 5. The van der Waals surface area contributed by atoms with Crippen molar-refractivity contribution in [3.05, 3.63) is 33.8 Å². The number of imidazole rings is 1. The van der Waals surface area contributed by atoms with Crippen LogP contribution in [0.5, 0.6) is 0 Å². The number of aryl methyl sites for hydroxylation is 2. The molecular formula is C18H25N5OS. The fourth-order valence-electron chi connectivity index (χ4n) is 4.12. The highest BCUT2D eigenvalue weighted by Gasteiger charge is 2.37. The standard InChI is InChI=1S/C18H25N5OS/c1-12-17(20-11-19-12)9-22-6-14-3-4-16(8-22)23(7-14)18(24)5-15-10-25-13(2)21-15/h10-11,14,16H,3-9H2,1-2H3,(H,19,20)/t14-,16+/m0/s1. The predicted molar refractivity (Wildman–Crippen MR) is 97.4 cm³/mol. The van der Waals surface area contributed by atoms with Crippen LogP contribution in [-0.4, -0.2) is 56.3 Å². The minimum Gasteiger partial charge on any atom is -0.348 e. The maximum absolute atomic E-state index is 12.9. The number of H-pyrrole nitrogens is 1. The van der Waals surface area contributed by atoms with Crippen molar-refractivity contribution in [1.29, 1.82) is 0 Å². The van der Waals surface area contributed by atoms with Crippen LogP contribution >= 0.6 is 11.3 Å². The molecule has 1 N–H and O–H groups in total. The molecule has 2 aromatic heterocycles. The van der Waals surface area contributed by atoms with Crippen molar-refractivity contribution in [1.82, 2.24) is 24.8 Å². The Labute approximate surface area is 152 Å². The van der Waals surface area contributed by atoms with E-state index < -0.39 is 0 Å². The first-order chi connectivity index (χ1) is 12.1. The molecule has 3 aliphatic rings. The summed E-state index contributed by atoms with van der Waals surface area (Å²) >= 11 is 1.62. The molecular weight excluding hydrogens is 334 g/mol. The lowest BCUT2D eigenvalue weighted by atomic mass is 9.94. The Morgan fingerprint density at radius 3 is 2.92 bits per heavy atom. The number of hydrogen-bond donors (Lipinski definition) is 1. The van der Waals surface area contributed by atoms with Crippen LogP contribution in [0.25, 0.3) is 0 Å². The first kappa shape index (κ1) is 16.7. The van der Waals surface area contributed by atoms with Crippen molar-refractivity contribution in [3.8, 4) is 0 Å². The lowest BCUT2D eigenvalue weighted by Gasteiger charge is -2.36. The number of rotatable bonds is 4. The maximum atomic E-state index is 12.9. The van der Waals surface area contributed by atoms with Gasteiger partial charge in [0.2, 0.25) is 5.91 Å². The van der Waals surface area contributed by atoms with Crippen LogP contribution in [0.1, 0.15) is 34.9 Å². The quantitative estimate of drug-likeness (QED) is 0.908. The Morgan fingerprint density at radius 2 is 2.20 bits per heavy atom. The molecule has 3 aliphatic heterocycles. The van der Waals surface area contributed by atoms with E-state index in [0.29, 0.717) is 18.4 Å². The van der Waals surface area contributed by atoms with Gasteiger partial charge in [0, 0.05) is 43.3 Å². The number of aromatic amines is 1. The van der Waals surface area contributed by atoms with Crippen LogP contribution in [0.2, 0.25) is 0 Å². The summed E-state index contributed by atoms with van der Waals surface area (Å²) in [5.74, 6) is 0.803. The second-order valence-electron chi connectivity index (χ2n) is 7.35. The number of fused-ring (bicyclic) bond motifs is 4. The maximum Gasteiger partial charge on any atom is 0.228 e. The van der Waals surface area contributed by atoms with E-state index in [0.717, 1.165) is 54.7 Å². The smallest absolute Gasteiger partial charge is 0.228 e. The summed E-state index contributed by atoms with van der Waals surface area (Å²) < 4.78 is 0. The van der Waals surface area contributed by atoms with E-state index >= 15 is 0 Å². The molecule has 2 bridgehead atoms. The first-order valence-corrected chi connectivity index (χ1v) is 9.88. The molecule has 0 spiro atoms. The van der Waals surface area contributed by atoms with E-state index in [2.05, 4.69) is 31.7 Å². The van der Waals surface area contributed by atoms with E-state index in [-0.39, 0.29) is 5.91 Å². The number of nitrogens with zero attached hydrogens (tertiary/aromatic N) is 4. The van der Waals surface area contributed by atoms with Crippen molar-refractivity contribution in [3.63, 3.8) is 0 Å². The molecule has 5 rings (SSSR count). The molecule has 0 aromatic carbocycles. The zero-order chi connectivity index (χ0) is 17.4. The molecule has 2 atom stereocenters. The Hall–Kier alpha value is -1.73. The zero-order valence-corrected chi connectivity index (χ0v) is 15.7. The van der Waals surface area contributed by atoms with Crippen molar-refractivity contribution in [2.24, 2.45) is 5.92 Å². The van der Waals surface area contributed by atoms with Crippen LogP contribution < -0.4 is 0 Å². The van der Waals surface area contributed by atoms with Gasteiger partial charge in [-0.1, -0.05) is 0 Å². The van der Waals surface area contributed by atoms with Gasteiger partial charge in [-0.05, 0) is 32.6 Å². The number of carbonyl (C=O) groups excluding carboxylic acids is 1. The summed E-state index contributed by atoms with van der Waals surface area (Å²) in [6, 6.07) is 0.324. The molecule has 3 saturated heterocycles. The van der Waals surface area contributed by atoms with E-state index in [1.165, 1.54) is 6.42 Å². The molecule has 3 fully saturated rings. The third-order valence-electron chi connectivity index (χ3n) is 5.42. The number of aromatic nitrogens is 3. The average Bonchev–Trinajstić information content (AvgIpc) is 3.05. The van der Waals surface area contributed by atoms with Crippen molar-refractivity contribution in [2.75, 3.05) is 19.6 Å². The lowest BCUT2D eigenvalue weighted by Crippen LogP contribution is -2.48. The first-order valence-electron chi connectivity index (χ1n) is 9.00. The van der Waals surface area contributed by atoms with Gasteiger partial charge in [0.05, 0.1) is 29.1 Å². The van der Waals surface area contributed by atoms with Gasteiger partial charge < -0.3 is 9.88 Å². The molecule has 5 heterocycles. The van der Waals surface area contributed by atoms with Gasteiger partial charge >= 0.3 is 0 Å². The Kier molecular flexibility index (Phi) is 4.60. The monoisotopic (exact) mass is 359 g/mol. The van der Waals surface area contributed by atoms with Gasteiger partial charge in [0.1, 0.15) is 0 Å². The second kappa shape index (κ2) is 6.88. The van der Waals surface area contributed by atoms with E-state index in [9.17, 15) is 4.79 Å². The molecule has 0 unspecified atom stereocenters. The summed E-state index contributed by atoms with van der Waals surface area (Å²) in [5, 5.41) is 3.04. The molecule has 0 saturated carbocycles. The van der Waals surface area contributed by atoms with E-state index in [1.807, 2.05) is 12.3 Å². The molecule has 1 amide bonds. The number of thiazole rings is 1. The van der Waals surface area contributed by atoms with Gasteiger partial charge in [-0.25, -0.2) is 9.97 Å². The van der Waals surface area contributed by atoms with Crippen LogP contribution in [0, 0.1) is 19.8 Å². The van der Waals surface area contributed by atoms with Gasteiger partial charge in [0.15, 0.2) is 0 Å². The topological polar surface area (TPSA) is 65.1 Å². The minimum atomic E-state index is 0.234. The van der Waals surface area contributed by atoms with Gasteiger partial charge in [-0.3, -0.25) is 9.69 Å². The number of nitrogens with one attached hydrogen (secondary N) is 1. The zero-order valence-electron chi connectivity index (χ0n) is 14.9. The second-order valence-corrected chi connectivity index (χ2v) is 8.41. The largest absolute Gasteiger partial charge is 0.348 e. The molecule has 0 aliphatic carbocycles. The van der Waals surface area contributed by atoms with Crippen molar-refractivity contribution in [2.45, 2.75) is 45.7 Å². The fraction of sp³-hybridized carbons (Fsp3) is 0.611. The molecule has 6 nitrogen and oxygen atoms in total. The average molecular weight is 359 g/mol. The van der Waals surface area contributed by atoms with Gasteiger partial charge in [0.25, 0.3) is 0 Å². The highest BCUT2D eigenvalue weighted by molar-refractivity contribution is 7.09. The molecule has 0 radical (unpaired) electrons. The van der Waals surface area contributed by atoms with Crippen molar-refractivity contribution >= 4 is 17.2 Å². The van der Waals surface area contributed by atoms with Gasteiger partial charge in [-0.2, -0.15) is 0 Å². The Morgan fingerprint density at radius 1 is 1.32 bits per heavy atom. The Bertz CT molecular complexity index is 754. The summed E-state index contributed by atoms with van der Waals surface area (Å²) in [4.78, 5) is 29.5. The summed E-state index contributed by atoms with van der Waals surface area (Å²) in [6.45, 7) is 7.83. The minimum absolute atomic E-state index is 0.234. The molecule has 2 aromatic rings. The highest BCUT2D eigenvalue weighted by Crippen LogP contribution is 2.29. The lowest BCUT2D eigenvalue weighted by molar-refractivity contribution is -0.134. The number of carbonyl (C=O) groups is 1. The van der Waals surface area contributed by atoms with Crippen LogP contribution in [0.15, 0.2) is 11.7 Å². The van der Waals surface area contributed by atoms with E-state index in [4.69, 9.17) is 0 Å². The van der Waals surface area contributed by atoms with Crippen LogP contribution in [-0.2, 0) is 17.8 Å². The fourth-order valence-corrected chi connectivity index (χ4v) is 4.73. The van der Waals surface area contributed by atoms with Crippen LogP contribution in [0.3, 0.4) is 0 Å². The number of amides is 1. The summed E-state index contributed by atoms with van der Waals surface area (Å²) in [5.41, 5.74) is 3.18. The highest BCUT2D eigenvalue weighted by atomic mass is 32.1. The molecule has 7 heteroatoms. The molecule has 134 valence electrons. The third kappa shape index (κ3) is 3.62. The Balaban J connectivity index is 1.44. The third-order valence-corrected chi connectivity index (χ3v) is 6.24. The molecule has 25 heavy (non-hydrogen) atoms.